The number of aromatic nitrogens is 1. The maximum Gasteiger partial charge on any atom is 0.390 e. The van der Waals surface area contributed by atoms with Crippen LogP contribution in [-0.2, 0) is 9.53 Å². The molecule has 3 heterocycles. The van der Waals surface area contributed by atoms with Crippen molar-refractivity contribution in [3.8, 4) is 0 Å². The van der Waals surface area contributed by atoms with Crippen molar-refractivity contribution < 1.29 is 22.7 Å². The van der Waals surface area contributed by atoms with Crippen molar-refractivity contribution in [1.82, 2.24) is 14.8 Å². The number of amides is 1. The van der Waals surface area contributed by atoms with Crippen LogP contribution in [0.5, 0.6) is 0 Å². The SMILES string of the molecule is COCCC(=O)NC[C@H]1[C@H]2C[C@H](CN(CCC(F)(F)F)C2)c2cccc(=O)n21. The lowest BCUT2D eigenvalue weighted by Crippen LogP contribution is -2.52. The van der Waals surface area contributed by atoms with Gasteiger partial charge in [-0.05, 0) is 18.4 Å². The second-order valence-electron chi connectivity index (χ2n) is 7.59. The molecule has 0 spiro atoms. The van der Waals surface area contributed by atoms with Crippen LogP contribution in [0.3, 0.4) is 0 Å². The molecule has 0 aromatic carbocycles. The molecule has 2 bridgehead atoms. The van der Waals surface area contributed by atoms with Crippen LogP contribution in [-0.4, -0.2) is 61.4 Å². The van der Waals surface area contributed by atoms with Crippen molar-refractivity contribution in [2.75, 3.05) is 39.9 Å². The number of hydrogen-bond donors (Lipinski definition) is 1. The fourth-order valence-electron chi connectivity index (χ4n) is 4.37. The molecule has 1 amide bonds. The van der Waals surface area contributed by atoms with Gasteiger partial charge in [0.2, 0.25) is 5.91 Å². The molecule has 3 atom stereocenters. The van der Waals surface area contributed by atoms with E-state index >= 15 is 0 Å². The van der Waals surface area contributed by atoms with Crippen molar-refractivity contribution in [1.29, 1.82) is 0 Å². The first-order valence-corrected chi connectivity index (χ1v) is 9.54. The molecule has 9 heteroatoms. The lowest BCUT2D eigenvalue weighted by atomic mass is 9.78. The van der Waals surface area contributed by atoms with Crippen molar-refractivity contribution >= 4 is 5.91 Å². The highest BCUT2D eigenvalue weighted by Gasteiger charge is 2.41. The predicted molar refractivity (Wildman–Crippen MR) is 97.2 cm³/mol. The molecule has 0 aliphatic carbocycles. The summed E-state index contributed by atoms with van der Waals surface area (Å²) in [6.45, 7) is 1.56. The van der Waals surface area contributed by atoms with Crippen molar-refractivity contribution in [2.24, 2.45) is 5.92 Å². The molecular weight excluding hydrogens is 375 g/mol. The van der Waals surface area contributed by atoms with E-state index in [9.17, 15) is 22.8 Å². The number of alkyl halides is 3. The van der Waals surface area contributed by atoms with E-state index < -0.39 is 12.6 Å². The van der Waals surface area contributed by atoms with Gasteiger partial charge in [-0.2, -0.15) is 13.2 Å². The van der Waals surface area contributed by atoms with E-state index in [4.69, 9.17) is 4.74 Å². The van der Waals surface area contributed by atoms with E-state index in [1.807, 2.05) is 11.0 Å². The fraction of sp³-hybridized carbons (Fsp3) is 0.684. The summed E-state index contributed by atoms with van der Waals surface area (Å²) < 4.78 is 44.6. The second kappa shape index (κ2) is 8.65. The third-order valence-electron chi connectivity index (χ3n) is 5.63. The van der Waals surface area contributed by atoms with Gasteiger partial charge in [-0.1, -0.05) is 6.07 Å². The van der Waals surface area contributed by atoms with E-state index in [0.29, 0.717) is 19.7 Å². The monoisotopic (exact) mass is 401 g/mol. The summed E-state index contributed by atoms with van der Waals surface area (Å²) in [6.07, 6.45) is -3.99. The Morgan fingerprint density at radius 1 is 1.32 bits per heavy atom. The van der Waals surface area contributed by atoms with E-state index in [-0.39, 0.29) is 48.9 Å². The molecule has 1 N–H and O–H groups in total. The predicted octanol–water partition coefficient (Wildman–Crippen LogP) is 1.91. The highest BCUT2D eigenvalue weighted by atomic mass is 19.4. The Morgan fingerprint density at radius 2 is 2.11 bits per heavy atom. The zero-order valence-electron chi connectivity index (χ0n) is 15.9. The first-order chi connectivity index (χ1) is 13.3. The van der Waals surface area contributed by atoms with Gasteiger partial charge in [-0.25, -0.2) is 0 Å². The summed E-state index contributed by atoms with van der Waals surface area (Å²) in [7, 11) is 1.52. The van der Waals surface area contributed by atoms with Gasteiger partial charge in [0.1, 0.15) is 0 Å². The number of fused-ring (bicyclic) bond motifs is 4. The molecule has 0 saturated carbocycles. The number of nitrogens with zero attached hydrogens (tertiary/aromatic N) is 2. The molecule has 2 aliphatic heterocycles. The maximum absolute atomic E-state index is 12.7. The third-order valence-corrected chi connectivity index (χ3v) is 5.63. The van der Waals surface area contributed by atoms with Gasteiger partial charge < -0.3 is 19.5 Å². The van der Waals surface area contributed by atoms with Gasteiger partial charge in [-0.15, -0.1) is 0 Å². The number of nitrogens with one attached hydrogen (secondary N) is 1. The summed E-state index contributed by atoms with van der Waals surface area (Å²) in [5, 5.41) is 2.85. The van der Waals surface area contributed by atoms with E-state index in [0.717, 1.165) is 12.1 Å². The number of rotatable bonds is 7. The zero-order chi connectivity index (χ0) is 20.3. The molecule has 1 fully saturated rings. The van der Waals surface area contributed by atoms with Gasteiger partial charge in [0.25, 0.3) is 5.56 Å². The Balaban J connectivity index is 1.78. The number of hydrogen-bond acceptors (Lipinski definition) is 4. The quantitative estimate of drug-likeness (QED) is 0.758. The number of ether oxygens (including phenoxy) is 1. The zero-order valence-corrected chi connectivity index (χ0v) is 15.9. The molecule has 1 saturated heterocycles. The van der Waals surface area contributed by atoms with Crippen LogP contribution in [0.4, 0.5) is 13.2 Å². The lowest BCUT2D eigenvalue weighted by Gasteiger charge is -2.47. The van der Waals surface area contributed by atoms with Gasteiger partial charge in [0.05, 0.1) is 19.1 Å². The summed E-state index contributed by atoms with van der Waals surface area (Å²) in [5.41, 5.74) is 0.712. The molecule has 3 rings (SSSR count). The van der Waals surface area contributed by atoms with Gasteiger partial charge in [0.15, 0.2) is 0 Å². The minimum Gasteiger partial charge on any atom is -0.384 e. The van der Waals surface area contributed by atoms with Crippen molar-refractivity contribution in [3.63, 3.8) is 0 Å². The highest BCUT2D eigenvalue weighted by molar-refractivity contribution is 5.75. The molecule has 1 aromatic rings. The van der Waals surface area contributed by atoms with Crippen LogP contribution in [0.15, 0.2) is 23.0 Å². The molecule has 2 aliphatic rings. The first kappa shape index (κ1) is 20.9. The number of likely N-dealkylation sites (tertiary alicyclic amines) is 1. The second-order valence-corrected chi connectivity index (χ2v) is 7.59. The number of carbonyl (C=O) groups is 1. The fourth-order valence-corrected chi connectivity index (χ4v) is 4.37. The van der Waals surface area contributed by atoms with E-state index in [1.165, 1.54) is 13.2 Å². The number of methoxy groups -OCH3 is 1. The summed E-state index contributed by atoms with van der Waals surface area (Å²) >= 11 is 0. The van der Waals surface area contributed by atoms with Gasteiger partial charge in [0, 0.05) is 57.4 Å². The topological polar surface area (TPSA) is 63.6 Å². The Hall–Kier alpha value is -1.87. The highest BCUT2D eigenvalue weighted by Crippen LogP contribution is 2.41. The molecule has 1 aromatic heterocycles. The largest absolute Gasteiger partial charge is 0.390 e. The molecule has 6 nitrogen and oxygen atoms in total. The standard InChI is InChI=1S/C19H26F3N3O3/c1-28-8-5-17(26)23-10-16-14-9-13(15-3-2-4-18(27)25(15)16)11-24(12-14)7-6-19(20,21)22/h2-4,13-14,16H,5-12H2,1H3,(H,23,26)/t13-,14+,16+/m1/s1. The summed E-state index contributed by atoms with van der Waals surface area (Å²) in [6, 6.07) is 4.79. The minimum absolute atomic E-state index is 0.0160. The van der Waals surface area contributed by atoms with Crippen LogP contribution >= 0.6 is 0 Å². The number of carbonyl (C=O) groups excluding carboxylic acids is 1. The number of piperidine rings is 1. The van der Waals surface area contributed by atoms with Crippen molar-refractivity contribution in [3.05, 3.63) is 34.2 Å². The van der Waals surface area contributed by atoms with Crippen LogP contribution in [0.1, 0.15) is 36.9 Å². The van der Waals surface area contributed by atoms with E-state index in [2.05, 4.69) is 5.32 Å². The average molecular weight is 401 g/mol. The number of pyridine rings is 1. The van der Waals surface area contributed by atoms with Gasteiger partial charge in [-0.3, -0.25) is 9.59 Å². The lowest BCUT2D eigenvalue weighted by molar-refractivity contribution is -0.139. The molecular formula is C19H26F3N3O3. The van der Waals surface area contributed by atoms with Gasteiger partial charge >= 0.3 is 6.18 Å². The maximum atomic E-state index is 12.7. The molecule has 0 radical (unpaired) electrons. The summed E-state index contributed by atoms with van der Waals surface area (Å²) in [5.74, 6) is -0.122. The van der Waals surface area contributed by atoms with Crippen LogP contribution in [0, 0.1) is 5.92 Å². The molecule has 0 unspecified atom stereocenters. The van der Waals surface area contributed by atoms with E-state index in [1.54, 1.807) is 10.6 Å². The normalized spacial score (nSPS) is 24.6. The Labute approximate surface area is 161 Å². The Bertz CT molecular complexity index is 750. The first-order valence-electron chi connectivity index (χ1n) is 9.54. The molecule has 28 heavy (non-hydrogen) atoms. The van der Waals surface area contributed by atoms with Crippen molar-refractivity contribution in [2.45, 2.75) is 37.4 Å². The Kier molecular flexibility index (Phi) is 6.44. The smallest absolute Gasteiger partial charge is 0.384 e. The van der Waals surface area contributed by atoms with Crippen LogP contribution in [0.25, 0.3) is 0 Å². The summed E-state index contributed by atoms with van der Waals surface area (Å²) in [4.78, 5) is 26.3. The third kappa shape index (κ3) is 4.94. The van der Waals surface area contributed by atoms with Crippen LogP contribution < -0.4 is 10.9 Å². The van der Waals surface area contributed by atoms with Crippen LogP contribution in [0.2, 0.25) is 0 Å². The number of halogens is 3. The Morgan fingerprint density at radius 3 is 2.82 bits per heavy atom. The molecule has 156 valence electrons. The minimum atomic E-state index is -4.18. The average Bonchev–Trinajstić information content (AvgIpc) is 2.64.